The van der Waals surface area contributed by atoms with Gasteiger partial charge in [0.2, 0.25) is 0 Å². The molecule has 0 fully saturated rings. The standard InChI is InChI=1S/C4H7N.C4H5N/c2*1-2-4-5-3-1/h1,3,5H,2,4H2;1-3H,4H2. The molecule has 0 aromatic rings. The van der Waals surface area contributed by atoms with Gasteiger partial charge in [-0.3, -0.25) is 4.99 Å². The predicted octanol–water partition coefficient (Wildman–Crippen LogP) is 1.12. The van der Waals surface area contributed by atoms with Crippen molar-refractivity contribution in [3.8, 4) is 0 Å². The van der Waals surface area contributed by atoms with E-state index in [1.165, 1.54) is 6.42 Å². The smallest absolute Gasteiger partial charge is 0.0573 e. The van der Waals surface area contributed by atoms with Crippen molar-refractivity contribution >= 4 is 6.21 Å². The highest BCUT2D eigenvalue weighted by atomic mass is 14.8. The van der Waals surface area contributed by atoms with Crippen molar-refractivity contribution in [3.05, 3.63) is 24.4 Å². The number of allylic oxidation sites excluding steroid dienone is 1. The molecule has 0 saturated carbocycles. The van der Waals surface area contributed by atoms with Crippen molar-refractivity contribution < 1.29 is 0 Å². The van der Waals surface area contributed by atoms with Crippen LogP contribution in [0, 0.1) is 0 Å². The Bertz CT molecular complexity index is 141. The minimum atomic E-state index is 0.889. The van der Waals surface area contributed by atoms with E-state index in [-0.39, 0.29) is 0 Å². The first kappa shape index (κ1) is 7.06. The third kappa shape index (κ3) is 3.07. The first-order valence-electron chi connectivity index (χ1n) is 3.53. The van der Waals surface area contributed by atoms with Gasteiger partial charge in [0.15, 0.2) is 0 Å². The van der Waals surface area contributed by atoms with Crippen molar-refractivity contribution in [2.75, 3.05) is 13.1 Å². The summed E-state index contributed by atoms with van der Waals surface area (Å²) < 4.78 is 0. The molecule has 0 atom stereocenters. The van der Waals surface area contributed by atoms with Gasteiger partial charge < -0.3 is 5.32 Å². The maximum Gasteiger partial charge on any atom is 0.0573 e. The first-order valence-corrected chi connectivity index (χ1v) is 3.53. The van der Waals surface area contributed by atoms with E-state index in [4.69, 9.17) is 0 Å². The van der Waals surface area contributed by atoms with Crippen LogP contribution in [0.1, 0.15) is 6.42 Å². The lowest BCUT2D eigenvalue weighted by Crippen LogP contribution is -1.96. The molecule has 0 radical (unpaired) electrons. The molecule has 10 heavy (non-hydrogen) atoms. The lowest BCUT2D eigenvalue weighted by atomic mass is 10.5. The summed E-state index contributed by atoms with van der Waals surface area (Å²) in [5.74, 6) is 0. The summed E-state index contributed by atoms with van der Waals surface area (Å²) in [5, 5.41) is 3.04. The largest absolute Gasteiger partial charge is 0.391 e. The van der Waals surface area contributed by atoms with E-state index in [2.05, 4.69) is 16.4 Å². The van der Waals surface area contributed by atoms with E-state index < -0.39 is 0 Å². The molecule has 0 saturated heterocycles. The average molecular weight is 136 g/mol. The summed E-state index contributed by atoms with van der Waals surface area (Å²) in [6.45, 7) is 2.03. The van der Waals surface area contributed by atoms with E-state index in [1.54, 1.807) is 6.21 Å². The second-order valence-corrected chi connectivity index (χ2v) is 2.09. The lowest BCUT2D eigenvalue weighted by Gasteiger charge is -1.78. The summed E-state index contributed by atoms with van der Waals surface area (Å²) in [6.07, 6.45) is 11.1. The minimum absolute atomic E-state index is 0.889. The fraction of sp³-hybridized carbons (Fsp3) is 0.375. The molecule has 2 heterocycles. The summed E-state index contributed by atoms with van der Waals surface area (Å²) in [6, 6.07) is 0. The second-order valence-electron chi connectivity index (χ2n) is 2.09. The predicted molar refractivity (Wildman–Crippen MR) is 44.3 cm³/mol. The highest BCUT2D eigenvalue weighted by Gasteiger charge is 1.81. The van der Waals surface area contributed by atoms with Gasteiger partial charge in [-0.2, -0.15) is 0 Å². The Morgan fingerprint density at radius 3 is 2.50 bits per heavy atom. The Labute approximate surface area is 61.4 Å². The third-order valence-corrected chi connectivity index (χ3v) is 1.23. The molecule has 0 aromatic carbocycles. The Balaban J connectivity index is 0.0000001000. The van der Waals surface area contributed by atoms with Crippen molar-refractivity contribution in [1.82, 2.24) is 5.32 Å². The van der Waals surface area contributed by atoms with Gasteiger partial charge in [-0.15, -0.1) is 0 Å². The second kappa shape index (κ2) is 4.79. The Morgan fingerprint density at radius 2 is 2.30 bits per heavy atom. The van der Waals surface area contributed by atoms with Gasteiger partial charge in [0.1, 0.15) is 0 Å². The van der Waals surface area contributed by atoms with Crippen LogP contribution in [0.5, 0.6) is 0 Å². The SMILES string of the molecule is C1=CCN=C1.C1=CNCC1. The Morgan fingerprint density at radius 1 is 1.30 bits per heavy atom. The molecule has 2 aliphatic rings. The molecule has 2 nitrogen and oxygen atoms in total. The molecule has 0 aromatic heterocycles. The molecule has 0 aliphatic carbocycles. The van der Waals surface area contributed by atoms with E-state index >= 15 is 0 Å². The number of hydrogen-bond donors (Lipinski definition) is 1. The van der Waals surface area contributed by atoms with Crippen LogP contribution in [0.3, 0.4) is 0 Å². The number of hydrogen-bond acceptors (Lipinski definition) is 2. The zero-order valence-corrected chi connectivity index (χ0v) is 5.96. The van der Waals surface area contributed by atoms with Crippen LogP contribution in [0.15, 0.2) is 29.4 Å². The molecule has 2 aliphatic heterocycles. The summed E-state index contributed by atoms with van der Waals surface area (Å²) in [5.41, 5.74) is 0. The van der Waals surface area contributed by atoms with Crippen molar-refractivity contribution in [2.24, 2.45) is 4.99 Å². The van der Waals surface area contributed by atoms with Gasteiger partial charge in [0.25, 0.3) is 0 Å². The maximum atomic E-state index is 3.85. The number of nitrogens with zero attached hydrogens (tertiary/aromatic N) is 1. The summed E-state index contributed by atoms with van der Waals surface area (Å²) >= 11 is 0. The minimum Gasteiger partial charge on any atom is -0.391 e. The molecule has 2 heteroatoms. The van der Waals surface area contributed by atoms with Crippen LogP contribution < -0.4 is 5.32 Å². The molecular weight excluding hydrogens is 124 g/mol. The van der Waals surface area contributed by atoms with Gasteiger partial charge in [0, 0.05) is 12.8 Å². The van der Waals surface area contributed by atoms with E-state index in [1.807, 2.05) is 18.4 Å². The Hall–Kier alpha value is -1.05. The summed E-state index contributed by atoms with van der Waals surface area (Å²) in [4.78, 5) is 3.85. The topological polar surface area (TPSA) is 24.4 Å². The van der Waals surface area contributed by atoms with Gasteiger partial charge >= 0.3 is 0 Å². The van der Waals surface area contributed by atoms with Crippen LogP contribution in [-0.2, 0) is 0 Å². The highest BCUT2D eigenvalue weighted by molar-refractivity contribution is 5.73. The van der Waals surface area contributed by atoms with Crippen LogP contribution in [0.4, 0.5) is 0 Å². The third-order valence-electron chi connectivity index (χ3n) is 1.23. The first-order chi connectivity index (χ1) is 5.00. The van der Waals surface area contributed by atoms with E-state index in [9.17, 15) is 0 Å². The maximum absolute atomic E-state index is 3.85. The van der Waals surface area contributed by atoms with E-state index in [0.29, 0.717) is 0 Å². The Kier molecular flexibility index (Phi) is 3.39. The van der Waals surface area contributed by atoms with Crippen molar-refractivity contribution in [2.45, 2.75) is 6.42 Å². The van der Waals surface area contributed by atoms with Crippen LogP contribution >= 0.6 is 0 Å². The van der Waals surface area contributed by atoms with Crippen molar-refractivity contribution in [3.63, 3.8) is 0 Å². The lowest BCUT2D eigenvalue weighted by molar-refractivity contribution is 0.917. The molecule has 0 bridgehead atoms. The van der Waals surface area contributed by atoms with E-state index in [0.717, 1.165) is 13.1 Å². The van der Waals surface area contributed by atoms with Gasteiger partial charge in [-0.25, -0.2) is 0 Å². The van der Waals surface area contributed by atoms with Crippen molar-refractivity contribution in [1.29, 1.82) is 0 Å². The molecule has 2 rings (SSSR count). The molecular formula is C8H12N2. The molecule has 0 unspecified atom stereocenters. The van der Waals surface area contributed by atoms with Gasteiger partial charge in [-0.1, -0.05) is 12.2 Å². The fourth-order valence-corrected chi connectivity index (χ4v) is 0.721. The highest BCUT2D eigenvalue weighted by Crippen LogP contribution is 1.84. The molecule has 0 spiro atoms. The quantitative estimate of drug-likeness (QED) is 0.530. The average Bonchev–Trinajstić information content (AvgIpc) is 2.67. The molecule has 0 amide bonds. The fourth-order valence-electron chi connectivity index (χ4n) is 0.721. The number of aliphatic imine (C=N–C) groups is 1. The molecule has 1 N–H and O–H groups in total. The van der Waals surface area contributed by atoms with Gasteiger partial charge in [0.05, 0.1) is 6.54 Å². The summed E-state index contributed by atoms with van der Waals surface area (Å²) in [7, 11) is 0. The zero-order chi connectivity index (χ0) is 7.07. The normalized spacial score (nSPS) is 18.4. The van der Waals surface area contributed by atoms with Crippen LogP contribution in [0.25, 0.3) is 0 Å². The van der Waals surface area contributed by atoms with Crippen LogP contribution in [-0.4, -0.2) is 19.3 Å². The monoisotopic (exact) mass is 136 g/mol. The number of nitrogens with one attached hydrogen (secondary N) is 1. The van der Waals surface area contributed by atoms with Gasteiger partial charge in [-0.05, 0) is 18.7 Å². The zero-order valence-electron chi connectivity index (χ0n) is 5.96. The molecule has 54 valence electrons. The number of rotatable bonds is 0. The van der Waals surface area contributed by atoms with Crippen LogP contribution in [0.2, 0.25) is 0 Å².